The van der Waals surface area contributed by atoms with Gasteiger partial charge in [-0.15, -0.1) is 0 Å². The molecule has 6 nitrogen and oxygen atoms in total. The van der Waals surface area contributed by atoms with Gasteiger partial charge in [0.05, 0.1) is 17.6 Å². The standard InChI is InChI=1S/C11H13BrN4O2/c1-2-18-11-9(12)3-8(4-13-11)5-16-7-14-10(6-17)15-16/h3-4,7,17H,2,5-6H2,1H3. The van der Waals surface area contributed by atoms with Gasteiger partial charge in [0.1, 0.15) is 12.9 Å². The van der Waals surface area contributed by atoms with Gasteiger partial charge in [0.2, 0.25) is 5.88 Å². The Morgan fingerprint density at radius 2 is 2.28 bits per heavy atom. The van der Waals surface area contributed by atoms with Crippen LogP contribution in [0, 0.1) is 0 Å². The van der Waals surface area contributed by atoms with E-state index in [1.54, 1.807) is 17.2 Å². The van der Waals surface area contributed by atoms with Crippen LogP contribution in [0.15, 0.2) is 23.1 Å². The Kier molecular flexibility index (Phi) is 4.27. The molecule has 0 saturated heterocycles. The summed E-state index contributed by atoms with van der Waals surface area (Å²) in [5.41, 5.74) is 0.972. The van der Waals surface area contributed by atoms with Crippen molar-refractivity contribution in [2.45, 2.75) is 20.1 Å². The first-order chi connectivity index (χ1) is 8.72. The summed E-state index contributed by atoms with van der Waals surface area (Å²) in [6.45, 7) is 2.88. The van der Waals surface area contributed by atoms with E-state index >= 15 is 0 Å². The monoisotopic (exact) mass is 312 g/mol. The van der Waals surface area contributed by atoms with E-state index in [2.05, 4.69) is 31.0 Å². The van der Waals surface area contributed by atoms with Crippen LogP contribution < -0.4 is 4.74 Å². The molecule has 2 aromatic heterocycles. The Bertz CT molecular complexity index is 530. The molecule has 96 valence electrons. The van der Waals surface area contributed by atoms with Gasteiger partial charge in [0.15, 0.2) is 5.82 Å². The first-order valence-electron chi connectivity index (χ1n) is 5.49. The molecule has 0 aliphatic heterocycles. The summed E-state index contributed by atoms with van der Waals surface area (Å²) in [4.78, 5) is 8.16. The number of hydrogen-bond donors (Lipinski definition) is 1. The first kappa shape index (κ1) is 13.0. The Labute approximate surface area is 113 Å². The molecule has 0 fully saturated rings. The lowest BCUT2D eigenvalue weighted by atomic mass is 10.3. The molecule has 0 saturated carbocycles. The fraction of sp³-hybridized carbons (Fsp3) is 0.364. The Balaban J connectivity index is 2.12. The van der Waals surface area contributed by atoms with Crippen molar-refractivity contribution < 1.29 is 9.84 Å². The number of rotatable bonds is 5. The molecule has 0 aliphatic rings. The zero-order valence-electron chi connectivity index (χ0n) is 9.88. The van der Waals surface area contributed by atoms with Crippen molar-refractivity contribution in [2.75, 3.05) is 6.61 Å². The van der Waals surface area contributed by atoms with E-state index in [0.717, 1.165) is 10.0 Å². The van der Waals surface area contributed by atoms with Crippen molar-refractivity contribution in [1.82, 2.24) is 19.7 Å². The number of aliphatic hydroxyl groups is 1. The zero-order valence-corrected chi connectivity index (χ0v) is 11.5. The van der Waals surface area contributed by atoms with E-state index in [-0.39, 0.29) is 6.61 Å². The van der Waals surface area contributed by atoms with Gasteiger partial charge in [-0.1, -0.05) is 0 Å². The molecule has 2 aromatic rings. The molecule has 18 heavy (non-hydrogen) atoms. The third-order valence-electron chi connectivity index (χ3n) is 2.22. The lowest BCUT2D eigenvalue weighted by molar-refractivity contribution is 0.271. The minimum atomic E-state index is -0.155. The van der Waals surface area contributed by atoms with Crippen LogP contribution in [0.3, 0.4) is 0 Å². The highest BCUT2D eigenvalue weighted by Gasteiger charge is 2.05. The molecule has 2 heterocycles. The number of aromatic nitrogens is 4. The van der Waals surface area contributed by atoms with Crippen LogP contribution >= 0.6 is 15.9 Å². The van der Waals surface area contributed by atoms with Gasteiger partial charge in [-0.25, -0.2) is 14.6 Å². The number of ether oxygens (including phenoxy) is 1. The van der Waals surface area contributed by atoms with Gasteiger partial charge in [0, 0.05) is 6.20 Å². The predicted octanol–water partition coefficient (Wildman–Crippen LogP) is 1.37. The van der Waals surface area contributed by atoms with Crippen LogP contribution in [0.1, 0.15) is 18.3 Å². The van der Waals surface area contributed by atoms with Crippen molar-refractivity contribution in [3.63, 3.8) is 0 Å². The number of pyridine rings is 1. The summed E-state index contributed by atoms with van der Waals surface area (Å²) in [6, 6.07) is 1.93. The molecular weight excluding hydrogens is 300 g/mol. The van der Waals surface area contributed by atoms with Gasteiger partial charge in [0.25, 0.3) is 0 Å². The highest BCUT2D eigenvalue weighted by molar-refractivity contribution is 9.10. The van der Waals surface area contributed by atoms with Crippen molar-refractivity contribution in [1.29, 1.82) is 0 Å². The Morgan fingerprint density at radius 3 is 2.89 bits per heavy atom. The summed E-state index contributed by atoms with van der Waals surface area (Å²) in [7, 11) is 0. The molecule has 0 spiro atoms. The number of hydrogen-bond acceptors (Lipinski definition) is 5. The summed E-state index contributed by atoms with van der Waals surface area (Å²) in [6.07, 6.45) is 3.31. The number of nitrogens with zero attached hydrogens (tertiary/aromatic N) is 4. The maximum atomic E-state index is 8.88. The molecule has 2 rings (SSSR count). The molecule has 0 amide bonds. The average molecular weight is 313 g/mol. The van der Waals surface area contributed by atoms with Crippen LogP contribution in [-0.4, -0.2) is 31.5 Å². The van der Waals surface area contributed by atoms with Crippen LogP contribution in [0.4, 0.5) is 0 Å². The molecule has 7 heteroatoms. The molecule has 0 radical (unpaired) electrons. The summed E-state index contributed by atoms with van der Waals surface area (Å²) >= 11 is 3.41. The molecule has 1 N–H and O–H groups in total. The van der Waals surface area contributed by atoms with Crippen LogP contribution in [0.25, 0.3) is 0 Å². The second-order valence-electron chi connectivity index (χ2n) is 3.58. The average Bonchev–Trinajstić information content (AvgIpc) is 2.80. The minimum Gasteiger partial charge on any atom is -0.477 e. The minimum absolute atomic E-state index is 0.155. The third kappa shape index (κ3) is 3.05. The zero-order chi connectivity index (χ0) is 13.0. The number of aliphatic hydroxyl groups excluding tert-OH is 1. The van der Waals surface area contributed by atoms with E-state index in [0.29, 0.717) is 24.9 Å². The Hall–Kier alpha value is -1.47. The lowest BCUT2D eigenvalue weighted by Crippen LogP contribution is -2.03. The van der Waals surface area contributed by atoms with Gasteiger partial charge >= 0.3 is 0 Å². The van der Waals surface area contributed by atoms with E-state index in [1.807, 2.05) is 13.0 Å². The van der Waals surface area contributed by atoms with Gasteiger partial charge in [-0.05, 0) is 34.5 Å². The topological polar surface area (TPSA) is 73.1 Å². The fourth-order valence-corrected chi connectivity index (χ4v) is 1.97. The molecular formula is C11H13BrN4O2. The SMILES string of the molecule is CCOc1ncc(Cn2cnc(CO)n2)cc1Br. The molecule has 0 unspecified atom stereocenters. The smallest absolute Gasteiger partial charge is 0.227 e. The van der Waals surface area contributed by atoms with E-state index in [9.17, 15) is 0 Å². The van der Waals surface area contributed by atoms with Gasteiger partial charge in [-0.3, -0.25) is 0 Å². The van der Waals surface area contributed by atoms with Gasteiger partial charge < -0.3 is 9.84 Å². The summed E-state index contributed by atoms with van der Waals surface area (Å²) < 4.78 is 7.80. The largest absolute Gasteiger partial charge is 0.477 e. The van der Waals surface area contributed by atoms with E-state index in [1.165, 1.54) is 0 Å². The maximum Gasteiger partial charge on any atom is 0.227 e. The van der Waals surface area contributed by atoms with Crippen molar-refractivity contribution in [2.24, 2.45) is 0 Å². The van der Waals surface area contributed by atoms with E-state index < -0.39 is 0 Å². The summed E-state index contributed by atoms with van der Waals surface area (Å²) in [5, 5.41) is 13.0. The second kappa shape index (κ2) is 5.92. The lowest BCUT2D eigenvalue weighted by Gasteiger charge is -2.06. The maximum absolute atomic E-state index is 8.88. The quantitative estimate of drug-likeness (QED) is 0.903. The molecule has 0 aromatic carbocycles. The second-order valence-corrected chi connectivity index (χ2v) is 4.43. The van der Waals surface area contributed by atoms with Crippen molar-refractivity contribution in [3.8, 4) is 5.88 Å². The molecule has 0 bridgehead atoms. The van der Waals surface area contributed by atoms with Crippen molar-refractivity contribution in [3.05, 3.63) is 34.5 Å². The normalized spacial score (nSPS) is 10.6. The number of halogens is 1. The molecule has 0 aliphatic carbocycles. The first-order valence-corrected chi connectivity index (χ1v) is 6.28. The fourth-order valence-electron chi connectivity index (χ4n) is 1.46. The highest BCUT2D eigenvalue weighted by atomic mass is 79.9. The highest BCUT2D eigenvalue weighted by Crippen LogP contribution is 2.23. The van der Waals surface area contributed by atoms with Crippen LogP contribution in [0.2, 0.25) is 0 Å². The van der Waals surface area contributed by atoms with Crippen molar-refractivity contribution >= 4 is 15.9 Å². The Morgan fingerprint density at radius 1 is 1.44 bits per heavy atom. The third-order valence-corrected chi connectivity index (χ3v) is 2.78. The summed E-state index contributed by atoms with van der Waals surface area (Å²) in [5.74, 6) is 0.990. The van der Waals surface area contributed by atoms with Crippen LogP contribution in [0.5, 0.6) is 5.88 Å². The van der Waals surface area contributed by atoms with Gasteiger partial charge in [-0.2, -0.15) is 5.10 Å². The van der Waals surface area contributed by atoms with E-state index in [4.69, 9.17) is 9.84 Å². The molecule has 0 atom stereocenters. The predicted molar refractivity (Wildman–Crippen MR) is 68.2 cm³/mol. The van der Waals surface area contributed by atoms with Crippen LogP contribution in [-0.2, 0) is 13.2 Å².